The molecule has 0 saturated carbocycles. The average molecular weight is 497 g/mol. The predicted octanol–water partition coefficient (Wildman–Crippen LogP) is 4.96. The summed E-state index contributed by atoms with van der Waals surface area (Å²) in [7, 11) is 1.69. The van der Waals surface area contributed by atoms with Crippen molar-refractivity contribution < 1.29 is 14.6 Å². The Hall–Kier alpha value is -3.81. The third kappa shape index (κ3) is 6.13. The molecule has 2 aromatic heterocycles. The van der Waals surface area contributed by atoms with Crippen molar-refractivity contribution in [1.82, 2.24) is 19.9 Å². The highest BCUT2D eigenvalue weighted by Gasteiger charge is 2.25. The highest BCUT2D eigenvalue weighted by Crippen LogP contribution is 2.36. The molecule has 37 heavy (non-hydrogen) atoms. The molecule has 0 radical (unpaired) electrons. The predicted molar refractivity (Wildman–Crippen MR) is 144 cm³/mol. The zero-order valence-electron chi connectivity index (χ0n) is 21.1. The van der Waals surface area contributed by atoms with E-state index in [1.807, 2.05) is 42.6 Å². The molecule has 1 fully saturated rings. The van der Waals surface area contributed by atoms with Crippen LogP contribution in [0.1, 0.15) is 30.0 Å². The van der Waals surface area contributed by atoms with Crippen molar-refractivity contribution in [1.29, 1.82) is 0 Å². The summed E-state index contributed by atoms with van der Waals surface area (Å²) in [6.07, 6.45) is 7.54. The van der Waals surface area contributed by atoms with E-state index in [-0.39, 0.29) is 6.61 Å². The molecule has 3 heterocycles. The second kappa shape index (κ2) is 12.0. The van der Waals surface area contributed by atoms with E-state index in [0.717, 1.165) is 72.2 Å². The largest absolute Gasteiger partial charge is 0.497 e. The van der Waals surface area contributed by atoms with Crippen LogP contribution in [0.5, 0.6) is 11.5 Å². The molecular weight excluding hydrogens is 464 g/mol. The van der Waals surface area contributed by atoms with Crippen LogP contribution >= 0.6 is 0 Å². The van der Waals surface area contributed by atoms with Crippen LogP contribution in [0, 0.1) is 0 Å². The molecule has 190 valence electrons. The number of hydrogen-bond acceptors (Lipinski definition) is 7. The summed E-state index contributed by atoms with van der Waals surface area (Å²) in [5, 5.41) is 9.03. The first-order valence-electron chi connectivity index (χ1n) is 12.7. The van der Waals surface area contributed by atoms with Crippen LogP contribution in [0.25, 0.3) is 22.5 Å². The second-order valence-electron chi connectivity index (χ2n) is 9.23. The SMILES string of the molecule is COc1cccc(-c2cnc(-c3ccncc3)nc2C2CCN(Cc3cccc(OCCO)c3)CC2)c1. The number of piperidine rings is 1. The number of nitrogens with zero attached hydrogens (tertiary/aromatic N) is 4. The first-order chi connectivity index (χ1) is 18.2. The number of hydrogen-bond donors (Lipinski definition) is 1. The van der Waals surface area contributed by atoms with E-state index < -0.39 is 0 Å². The van der Waals surface area contributed by atoms with Crippen LogP contribution in [-0.4, -0.2) is 58.4 Å². The number of aliphatic hydroxyl groups excluding tert-OH is 1. The van der Waals surface area contributed by atoms with Gasteiger partial charge in [-0.3, -0.25) is 9.88 Å². The van der Waals surface area contributed by atoms with E-state index in [1.165, 1.54) is 5.56 Å². The van der Waals surface area contributed by atoms with Gasteiger partial charge in [-0.25, -0.2) is 9.97 Å². The van der Waals surface area contributed by atoms with Crippen molar-refractivity contribution in [2.75, 3.05) is 33.4 Å². The maximum Gasteiger partial charge on any atom is 0.159 e. The summed E-state index contributed by atoms with van der Waals surface area (Å²) < 4.78 is 11.1. The van der Waals surface area contributed by atoms with Gasteiger partial charge in [0, 0.05) is 42.2 Å². The number of rotatable bonds is 9. The third-order valence-corrected chi connectivity index (χ3v) is 6.78. The topological polar surface area (TPSA) is 80.6 Å². The highest BCUT2D eigenvalue weighted by molar-refractivity contribution is 5.69. The molecule has 0 aliphatic carbocycles. The maximum atomic E-state index is 9.03. The Balaban J connectivity index is 1.36. The molecule has 1 saturated heterocycles. The highest BCUT2D eigenvalue weighted by atomic mass is 16.5. The molecule has 0 bridgehead atoms. The van der Waals surface area contributed by atoms with Gasteiger partial charge in [0.1, 0.15) is 18.1 Å². The summed E-state index contributed by atoms with van der Waals surface area (Å²) in [5.74, 6) is 2.68. The summed E-state index contributed by atoms with van der Waals surface area (Å²) in [5.41, 5.74) is 5.40. The number of methoxy groups -OCH3 is 1. The molecule has 7 heteroatoms. The molecule has 0 unspecified atom stereocenters. The van der Waals surface area contributed by atoms with Crippen LogP contribution in [0.3, 0.4) is 0 Å². The monoisotopic (exact) mass is 496 g/mol. The number of aromatic nitrogens is 3. The molecule has 1 aliphatic heterocycles. The molecule has 2 aromatic carbocycles. The van der Waals surface area contributed by atoms with Crippen molar-refractivity contribution in [2.45, 2.75) is 25.3 Å². The van der Waals surface area contributed by atoms with Crippen LogP contribution in [0.15, 0.2) is 79.3 Å². The first-order valence-corrected chi connectivity index (χ1v) is 12.7. The molecular formula is C30H32N4O3. The van der Waals surface area contributed by atoms with Gasteiger partial charge in [0.15, 0.2) is 5.82 Å². The lowest BCUT2D eigenvalue weighted by Crippen LogP contribution is -2.33. The Bertz CT molecular complexity index is 1310. The fourth-order valence-electron chi connectivity index (χ4n) is 4.88. The van der Waals surface area contributed by atoms with Gasteiger partial charge in [-0.05, 0) is 73.5 Å². The Morgan fingerprint density at radius 3 is 2.51 bits per heavy atom. The number of pyridine rings is 1. The third-order valence-electron chi connectivity index (χ3n) is 6.78. The van der Waals surface area contributed by atoms with Gasteiger partial charge in [0.2, 0.25) is 0 Å². The zero-order chi connectivity index (χ0) is 25.5. The van der Waals surface area contributed by atoms with Gasteiger partial charge in [0.25, 0.3) is 0 Å². The Morgan fingerprint density at radius 2 is 1.73 bits per heavy atom. The smallest absolute Gasteiger partial charge is 0.159 e. The zero-order valence-corrected chi connectivity index (χ0v) is 21.1. The van der Waals surface area contributed by atoms with Gasteiger partial charge in [-0.2, -0.15) is 0 Å². The Labute approximate surface area is 217 Å². The molecule has 0 spiro atoms. The standard InChI is InChI=1S/C30H32N4O3/c1-36-26-6-3-5-25(19-26)28-20-32-30(24-8-12-31-13-9-24)33-29(28)23-10-14-34(15-11-23)21-22-4-2-7-27(18-22)37-17-16-35/h2-9,12-13,18-20,23,35H,10-11,14-17,21H2,1H3. The van der Waals surface area contributed by atoms with Crippen LogP contribution in [0.4, 0.5) is 0 Å². The molecule has 0 amide bonds. The van der Waals surface area contributed by atoms with Gasteiger partial charge < -0.3 is 14.6 Å². The van der Waals surface area contributed by atoms with Crippen molar-refractivity contribution in [2.24, 2.45) is 0 Å². The maximum absolute atomic E-state index is 9.03. The van der Waals surface area contributed by atoms with Gasteiger partial charge in [-0.1, -0.05) is 24.3 Å². The van der Waals surface area contributed by atoms with Gasteiger partial charge >= 0.3 is 0 Å². The minimum atomic E-state index is 0.0153. The lowest BCUT2D eigenvalue weighted by atomic mass is 9.88. The number of aliphatic hydroxyl groups is 1. The number of benzene rings is 2. The van der Waals surface area contributed by atoms with Crippen LogP contribution in [-0.2, 0) is 6.54 Å². The van der Waals surface area contributed by atoms with E-state index in [1.54, 1.807) is 19.5 Å². The minimum Gasteiger partial charge on any atom is -0.497 e. The fraction of sp³-hybridized carbons (Fsp3) is 0.300. The lowest BCUT2D eigenvalue weighted by molar-refractivity contribution is 0.198. The van der Waals surface area contributed by atoms with E-state index in [4.69, 9.17) is 24.5 Å². The summed E-state index contributed by atoms with van der Waals surface area (Å²) in [4.78, 5) is 16.5. The quantitative estimate of drug-likeness (QED) is 0.351. The van der Waals surface area contributed by atoms with Crippen molar-refractivity contribution in [3.8, 4) is 34.0 Å². The van der Waals surface area contributed by atoms with Crippen molar-refractivity contribution >= 4 is 0 Å². The second-order valence-corrected chi connectivity index (χ2v) is 9.23. The van der Waals surface area contributed by atoms with Crippen LogP contribution in [0.2, 0.25) is 0 Å². The van der Waals surface area contributed by atoms with Gasteiger partial charge in [-0.15, -0.1) is 0 Å². The van der Waals surface area contributed by atoms with Crippen molar-refractivity contribution in [3.63, 3.8) is 0 Å². The average Bonchev–Trinajstić information content (AvgIpc) is 2.97. The molecule has 0 atom stereocenters. The number of ether oxygens (including phenoxy) is 2. The van der Waals surface area contributed by atoms with Crippen LogP contribution < -0.4 is 9.47 Å². The summed E-state index contributed by atoms with van der Waals surface area (Å²) in [6, 6.07) is 20.1. The Morgan fingerprint density at radius 1 is 0.946 bits per heavy atom. The Kier molecular flexibility index (Phi) is 8.03. The fourth-order valence-corrected chi connectivity index (χ4v) is 4.88. The molecule has 5 rings (SSSR count). The summed E-state index contributed by atoms with van der Waals surface area (Å²) in [6.45, 7) is 3.17. The summed E-state index contributed by atoms with van der Waals surface area (Å²) >= 11 is 0. The van der Waals surface area contributed by atoms with Crippen molar-refractivity contribution in [3.05, 3.63) is 90.5 Å². The number of likely N-dealkylation sites (tertiary alicyclic amines) is 1. The molecule has 1 N–H and O–H groups in total. The molecule has 7 nitrogen and oxygen atoms in total. The normalized spacial score (nSPS) is 14.4. The van der Waals surface area contributed by atoms with E-state index in [2.05, 4.69) is 34.1 Å². The van der Waals surface area contributed by atoms with E-state index in [9.17, 15) is 0 Å². The van der Waals surface area contributed by atoms with E-state index in [0.29, 0.717) is 12.5 Å². The molecule has 4 aromatic rings. The lowest BCUT2D eigenvalue weighted by Gasteiger charge is -2.32. The first kappa shape index (κ1) is 24.9. The van der Waals surface area contributed by atoms with Gasteiger partial charge in [0.05, 0.1) is 19.4 Å². The minimum absolute atomic E-state index is 0.0153. The van der Waals surface area contributed by atoms with E-state index >= 15 is 0 Å². The molecule has 1 aliphatic rings.